The Morgan fingerprint density at radius 2 is 2.11 bits per heavy atom. The number of carbonyl (C=O) groups excluding carboxylic acids is 1. The summed E-state index contributed by atoms with van der Waals surface area (Å²) in [5.74, 6) is 0.998. The van der Waals surface area contributed by atoms with E-state index in [2.05, 4.69) is 27.8 Å². The molecule has 5 rings (SSSR count). The van der Waals surface area contributed by atoms with Gasteiger partial charge in [-0.15, -0.1) is 11.3 Å². The van der Waals surface area contributed by atoms with Crippen LogP contribution in [0.1, 0.15) is 62.6 Å². The van der Waals surface area contributed by atoms with Gasteiger partial charge in [-0.25, -0.2) is 9.79 Å². The van der Waals surface area contributed by atoms with Gasteiger partial charge in [0.25, 0.3) is 5.56 Å². The molecule has 1 atom stereocenters. The number of allylic oxidation sites excluding steroid dienone is 1. The summed E-state index contributed by atoms with van der Waals surface area (Å²) in [6.45, 7) is 6.02. The number of piperidine rings is 1. The van der Waals surface area contributed by atoms with E-state index in [0.717, 1.165) is 47.6 Å². The van der Waals surface area contributed by atoms with Gasteiger partial charge in [0.15, 0.2) is 4.80 Å². The number of fused-ring (bicyclic) bond motifs is 1. The van der Waals surface area contributed by atoms with Gasteiger partial charge in [0.1, 0.15) is 11.8 Å². The molecule has 0 aromatic carbocycles. The molecule has 0 saturated carbocycles. The first-order chi connectivity index (χ1) is 17.5. The zero-order chi connectivity index (χ0) is 25.2. The highest BCUT2D eigenvalue weighted by Gasteiger charge is 2.35. The fourth-order valence-corrected chi connectivity index (χ4v) is 7.11. The second-order valence-corrected chi connectivity index (χ2v) is 11.6. The Morgan fingerprint density at radius 1 is 1.31 bits per heavy atom. The summed E-state index contributed by atoms with van der Waals surface area (Å²) in [5, 5.41) is 1.95. The predicted molar refractivity (Wildman–Crippen MR) is 146 cm³/mol. The summed E-state index contributed by atoms with van der Waals surface area (Å²) < 4.78 is 14.6. The van der Waals surface area contributed by atoms with Gasteiger partial charge >= 0.3 is 5.97 Å². The van der Waals surface area contributed by atoms with Crippen molar-refractivity contribution in [1.29, 1.82) is 0 Å². The van der Waals surface area contributed by atoms with E-state index < -0.39 is 12.0 Å². The number of thiazole rings is 1. The van der Waals surface area contributed by atoms with Crippen molar-refractivity contribution in [1.82, 2.24) is 4.57 Å². The Hall–Kier alpha value is -2.43. The third-order valence-electron chi connectivity index (χ3n) is 6.31. The molecular formula is C26H28BrN3O4S2. The molecule has 3 aromatic heterocycles. The molecule has 1 fully saturated rings. The maximum Gasteiger partial charge on any atom is 0.338 e. The highest BCUT2D eigenvalue weighted by atomic mass is 79.9. The molecule has 0 amide bonds. The van der Waals surface area contributed by atoms with E-state index in [1.807, 2.05) is 23.6 Å². The molecule has 0 bridgehead atoms. The number of aromatic nitrogens is 1. The van der Waals surface area contributed by atoms with E-state index in [4.69, 9.17) is 14.1 Å². The molecule has 0 unspecified atom stereocenters. The van der Waals surface area contributed by atoms with Crippen LogP contribution < -0.4 is 19.8 Å². The fraction of sp³-hybridized carbons (Fsp3) is 0.423. The maximum atomic E-state index is 13.8. The number of esters is 1. The lowest BCUT2D eigenvalue weighted by atomic mass is 9.99. The van der Waals surface area contributed by atoms with E-state index in [-0.39, 0.29) is 12.2 Å². The van der Waals surface area contributed by atoms with Gasteiger partial charge in [-0.2, -0.15) is 0 Å². The van der Waals surface area contributed by atoms with Gasteiger partial charge in [0.05, 0.1) is 26.9 Å². The van der Waals surface area contributed by atoms with E-state index in [0.29, 0.717) is 32.8 Å². The Labute approximate surface area is 225 Å². The van der Waals surface area contributed by atoms with Crippen LogP contribution in [0.4, 0.5) is 5.88 Å². The molecule has 0 spiro atoms. The molecule has 7 nitrogen and oxygen atoms in total. The molecule has 3 aromatic rings. The lowest BCUT2D eigenvalue weighted by molar-refractivity contribution is -0.139. The summed E-state index contributed by atoms with van der Waals surface area (Å²) in [5.41, 5.74) is 0.949. The zero-order valence-corrected chi connectivity index (χ0v) is 23.5. The molecule has 36 heavy (non-hydrogen) atoms. The predicted octanol–water partition coefficient (Wildman–Crippen LogP) is 4.99. The zero-order valence-electron chi connectivity index (χ0n) is 20.3. The lowest BCUT2D eigenvalue weighted by Gasteiger charge is -2.26. The molecule has 5 heterocycles. The van der Waals surface area contributed by atoms with Crippen molar-refractivity contribution < 1.29 is 13.9 Å². The Kier molecular flexibility index (Phi) is 7.64. The second kappa shape index (κ2) is 10.9. The van der Waals surface area contributed by atoms with Crippen molar-refractivity contribution in [2.45, 2.75) is 52.0 Å². The fourth-order valence-electron chi connectivity index (χ4n) is 4.73. The third-order valence-corrected chi connectivity index (χ3v) is 8.79. The maximum absolute atomic E-state index is 13.8. The van der Waals surface area contributed by atoms with E-state index >= 15 is 0 Å². The van der Waals surface area contributed by atoms with Crippen LogP contribution in [0.3, 0.4) is 0 Å². The number of carbonyl (C=O) groups is 1. The average molecular weight is 591 g/mol. The van der Waals surface area contributed by atoms with Crippen molar-refractivity contribution in [2.75, 3.05) is 24.6 Å². The summed E-state index contributed by atoms with van der Waals surface area (Å²) in [6.07, 6.45) is 6.77. The number of nitrogens with zero attached hydrogens (tertiary/aromatic N) is 3. The number of halogens is 1. The number of thiophene rings is 1. The van der Waals surface area contributed by atoms with Crippen LogP contribution in [0, 0.1) is 0 Å². The normalized spacial score (nSPS) is 18.4. The highest BCUT2D eigenvalue weighted by molar-refractivity contribution is 9.10. The van der Waals surface area contributed by atoms with Crippen molar-refractivity contribution in [2.24, 2.45) is 4.99 Å². The van der Waals surface area contributed by atoms with Gasteiger partial charge in [0, 0.05) is 30.1 Å². The molecule has 0 N–H and O–H groups in total. The number of anilines is 1. The number of hydrogen-bond acceptors (Lipinski definition) is 8. The average Bonchev–Trinajstić information content (AvgIpc) is 3.60. The molecule has 2 aliphatic rings. The van der Waals surface area contributed by atoms with E-state index in [1.165, 1.54) is 29.1 Å². The van der Waals surface area contributed by atoms with Crippen LogP contribution in [0.25, 0.3) is 6.08 Å². The molecule has 1 saturated heterocycles. The van der Waals surface area contributed by atoms with Gasteiger partial charge in [-0.05, 0) is 60.0 Å². The van der Waals surface area contributed by atoms with Crippen LogP contribution >= 0.6 is 38.6 Å². The Morgan fingerprint density at radius 3 is 2.81 bits per heavy atom. The minimum Gasteiger partial charge on any atom is -0.463 e. The molecular weight excluding hydrogens is 562 g/mol. The topological polar surface area (TPSA) is 77.0 Å². The summed E-state index contributed by atoms with van der Waals surface area (Å²) in [7, 11) is 0. The number of hydrogen-bond donors (Lipinski definition) is 0. The van der Waals surface area contributed by atoms with E-state index in [9.17, 15) is 9.59 Å². The molecule has 190 valence electrons. The van der Waals surface area contributed by atoms with Crippen LogP contribution in [-0.4, -0.2) is 30.2 Å². The van der Waals surface area contributed by atoms with E-state index in [1.54, 1.807) is 17.6 Å². The van der Waals surface area contributed by atoms with Gasteiger partial charge in [-0.1, -0.05) is 30.7 Å². The van der Waals surface area contributed by atoms with Crippen molar-refractivity contribution in [3.8, 4) is 0 Å². The second-order valence-electron chi connectivity index (χ2n) is 8.78. The number of rotatable bonds is 7. The largest absolute Gasteiger partial charge is 0.463 e. The van der Waals surface area contributed by atoms with Crippen LogP contribution in [0.5, 0.6) is 0 Å². The minimum absolute atomic E-state index is 0.193. The van der Waals surface area contributed by atoms with Gasteiger partial charge in [-0.3, -0.25) is 9.36 Å². The van der Waals surface area contributed by atoms with Gasteiger partial charge < -0.3 is 14.1 Å². The van der Waals surface area contributed by atoms with Crippen molar-refractivity contribution in [3.63, 3.8) is 0 Å². The SMILES string of the molecule is CCCC1=C(C(=O)OCC)[C@H](c2cccs2)n2c(s/c(=C/c3cc(Br)c(N4CCCCC4)o3)c2=O)=N1. The lowest BCUT2D eigenvalue weighted by Crippen LogP contribution is -2.39. The third kappa shape index (κ3) is 4.78. The smallest absolute Gasteiger partial charge is 0.338 e. The van der Waals surface area contributed by atoms with Crippen LogP contribution in [-0.2, 0) is 9.53 Å². The number of ether oxygens (including phenoxy) is 1. The minimum atomic E-state index is -0.559. The molecule has 0 aliphatic carbocycles. The monoisotopic (exact) mass is 589 g/mol. The number of furan rings is 1. The first-order valence-electron chi connectivity index (χ1n) is 12.3. The Bertz CT molecular complexity index is 1460. The van der Waals surface area contributed by atoms with Crippen LogP contribution in [0.15, 0.2) is 53.5 Å². The molecule has 2 aliphatic heterocycles. The first kappa shape index (κ1) is 25.2. The van der Waals surface area contributed by atoms with Gasteiger partial charge in [0.2, 0.25) is 5.88 Å². The summed E-state index contributed by atoms with van der Waals surface area (Å²) >= 11 is 6.47. The Balaban J connectivity index is 1.63. The van der Waals surface area contributed by atoms with Crippen molar-refractivity contribution >= 4 is 56.5 Å². The summed E-state index contributed by atoms with van der Waals surface area (Å²) in [4.78, 5) is 35.4. The quantitative estimate of drug-likeness (QED) is 0.363. The summed E-state index contributed by atoms with van der Waals surface area (Å²) in [6, 6.07) is 5.23. The van der Waals surface area contributed by atoms with Crippen LogP contribution in [0.2, 0.25) is 0 Å². The standard InChI is InChI=1S/C26H28BrN3O4S2/c1-3-9-18-21(25(32)33-4-2)22(19-10-8-13-35-19)30-23(31)20(36-26(30)28-18)15-16-14-17(27)24(34-16)29-11-6-5-7-12-29/h8,10,13-15,22H,3-7,9,11-12H2,1-2H3/b20-15+/t22-/m0/s1. The molecule has 0 radical (unpaired) electrons. The first-order valence-corrected chi connectivity index (χ1v) is 14.8. The van der Waals surface area contributed by atoms with Crippen molar-refractivity contribution in [3.05, 3.63) is 69.6 Å². The molecule has 10 heteroatoms. The highest BCUT2D eigenvalue weighted by Crippen LogP contribution is 2.35.